The number of hydrogen-bond donors (Lipinski definition) is 2. The minimum Gasteiger partial charge on any atom is -0.508 e. The first-order chi connectivity index (χ1) is 7.58. The molecule has 0 aliphatic carbocycles. The second kappa shape index (κ2) is 4.02. The van der Waals surface area contributed by atoms with Gasteiger partial charge >= 0.3 is 0 Å². The molecule has 0 aliphatic heterocycles. The number of benzene rings is 1. The third-order valence-electron chi connectivity index (χ3n) is 2.08. The first-order valence-corrected chi connectivity index (χ1v) is 5.26. The fourth-order valence-electron chi connectivity index (χ4n) is 1.33. The Morgan fingerprint density at radius 3 is 2.62 bits per heavy atom. The van der Waals surface area contributed by atoms with Crippen molar-refractivity contribution in [1.82, 2.24) is 0 Å². The van der Waals surface area contributed by atoms with E-state index in [1.807, 2.05) is 0 Å². The van der Waals surface area contributed by atoms with Gasteiger partial charge in [-0.3, -0.25) is 4.79 Å². The summed E-state index contributed by atoms with van der Waals surface area (Å²) in [6.07, 6.45) is 0. The molecule has 16 heavy (non-hydrogen) atoms. The Morgan fingerprint density at radius 2 is 2.06 bits per heavy atom. The highest BCUT2D eigenvalue weighted by Crippen LogP contribution is 2.23. The highest BCUT2D eigenvalue weighted by molar-refractivity contribution is 9.10. The molecule has 0 spiro atoms. The minimum absolute atomic E-state index is 0.0228. The van der Waals surface area contributed by atoms with Crippen LogP contribution in [0.2, 0.25) is 0 Å². The Morgan fingerprint density at radius 1 is 1.31 bits per heavy atom. The van der Waals surface area contributed by atoms with Gasteiger partial charge < -0.3 is 15.3 Å². The summed E-state index contributed by atoms with van der Waals surface area (Å²) in [6.45, 7) is 0. The maximum absolute atomic E-state index is 11.9. The molecule has 0 bridgehead atoms. The van der Waals surface area contributed by atoms with Crippen LogP contribution < -0.4 is 5.73 Å². The molecule has 0 unspecified atom stereocenters. The summed E-state index contributed by atoms with van der Waals surface area (Å²) >= 11 is 3.11. The average molecular weight is 282 g/mol. The molecule has 3 N–H and O–H groups in total. The third kappa shape index (κ3) is 1.94. The normalized spacial score (nSPS) is 10.3. The Balaban J connectivity index is 2.41. The van der Waals surface area contributed by atoms with Crippen LogP contribution in [0, 0.1) is 0 Å². The Hall–Kier alpha value is -1.75. The van der Waals surface area contributed by atoms with Gasteiger partial charge in [-0.2, -0.15) is 0 Å². The van der Waals surface area contributed by atoms with E-state index < -0.39 is 0 Å². The maximum Gasteiger partial charge on any atom is 0.230 e. The lowest BCUT2D eigenvalue weighted by Crippen LogP contribution is -2.03. The van der Waals surface area contributed by atoms with Crippen LogP contribution in [-0.2, 0) is 0 Å². The number of anilines is 1. The van der Waals surface area contributed by atoms with E-state index in [0.29, 0.717) is 10.2 Å². The van der Waals surface area contributed by atoms with Crippen LogP contribution in [0.25, 0.3) is 0 Å². The number of hydrogen-bond acceptors (Lipinski definition) is 4. The number of nitrogen functional groups attached to an aromatic ring is 1. The zero-order valence-corrected chi connectivity index (χ0v) is 9.69. The lowest BCUT2D eigenvalue weighted by atomic mass is 10.1. The molecule has 1 aromatic carbocycles. The van der Waals surface area contributed by atoms with Crippen molar-refractivity contribution in [2.75, 3.05) is 5.73 Å². The predicted molar refractivity (Wildman–Crippen MR) is 62.4 cm³/mol. The van der Waals surface area contributed by atoms with Crippen LogP contribution in [0.4, 0.5) is 5.69 Å². The molecule has 1 aromatic heterocycles. The topological polar surface area (TPSA) is 76.5 Å². The molecule has 2 rings (SSSR count). The number of ketones is 1. The maximum atomic E-state index is 11.9. The minimum atomic E-state index is -0.316. The van der Waals surface area contributed by atoms with Crippen molar-refractivity contribution in [3.05, 3.63) is 46.3 Å². The molecule has 0 atom stereocenters. The second-order valence-electron chi connectivity index (χ2n) is 3.20. The Labute approximate surface area is 99.8 Å². The Kier molecular flexibility index (Phi) is 2.70. The highest BCUT2D eigenvalue weighted by atomic mass is 79.9. The van der Waals surface area contributed by atoms with Crippen LogP contribution >= 0.6 is 15.9 Å². The van der Waals surface area contributed by atoms with Gasteiger partial charge in [-0.15, -0.1) is 0 Å². The van der Waals surface area contributed by atoms with Crippen molar-refractivity contribution in [3.8, 4) is 5.75 Å². The van der Waals surface area contributed by atoms with Gasteiger partial charge in [0.2, 0.25) is 5.78 Å². The van der Waals surface area contributed by atoms with Gasteiger partial charge in [-0.05, 0) is 40.2 Å². The summed E-state index contributed by atoms with van der Waals surface area (Å²) in [5.41, 5.74) is 6.16. The van der Waals surface area contributed by atoms with Gasteiger partial charge in [-0.25, -0.2) is 0 Å². The molecule has 0 amide bonds. The molecule has 0 fully saturated rings. The number of rotatable bonds is 2. The second-order valence-corrected chi connectivity index (χ2v) is 3.99. The SMILES string of the molecule is Nc1cc(O)ccc1C(=O)c1ccc(Br)o1. The molecule has 82 valence electrons. The van der Waals surface area contributed by atoms with Crippen LogP contribution in [-0.4, -0.2) is 10.9 Å². The van der Waals surface area contributed by atoms with Crippen LogP contribution in [0.1, 0.15) is 16.1 Å². The molecule has 0 saturated heterocycles. The van der Waals surface area contributed by atoms with E-state index in [9.17, 15) is 9.90 Å². The van der Waals surface area contributed by atoms with Crippen molar-refractivity contribution in [2.24, 2.45) is 0 Å². The van der Waals surface area contributed by atoms with Crippen LogP contribution in [0.3, 0.4) is 0 Å². The smallest absolute Gasteiger partial charge is 0.230 e. The molecule has 2 aromatic rings. The van der Waals surface area contributed by atoms with Gasteiger partial charge in [0.1, 0.15) is 5.75 Å². The standard InChI is InChI=1S/C11H8BrNO3/c12-10-4-3-9(16-10)11(15)7-2-1-6(14)5-8(7)13/h1-5,14H,13H2. The number of phenols is 1. The summed E-state index contributed by atoms with van der Waals surface area (Å²) in [4.78, 5) is 11.9. The molecule has 4 nitrogen and oxygen atoms in total. The van der Waals surface area contributed by atoms with E-state index in [1.54, 1.807) is 12.1 Å². The number of carbonyl (C=O) groups excluding carboxylic acids is 1. The van der Waals surface area contributed by atoms with Gasteiger partial charge in [0, 0.05) is 17.3 Å². The zero-order chi connectivity index (χ0) is 11.7. The molecule has 0 radical (unpaired) electrons. The Bertz CT molecular complexity index is 548. The lowest BCUT2D eigenvalue weighted by Gasteiger charge is -2.02. The monoisotopic (exact) mass is 281 g/mol. The number of furan rings is 1. The number of halogens is 1. The number of phenolic OH excluding ortho intramolecular Hbond substituents is 1. The first kappa shape index (κ1) is 10.8. The van der Waals surface area contributed by atoms with Crippen LogP contribution in [0.15, 0.2) is 39.4 Å². The van der Waals surface area contributed by atoms with E-state index in [0.717, 1.165) is 0 Å². The van der Waals surface area contributed by atoms with Gasteiger partial charge in [0.05, 0.1) is 0 Å². The molecular formula is C11H8BrNO3. The van der Waals surface area contributed by atoms with Crippen molar-refractivity contribution in [1.29, 1.82) is 0 Å². The molecule has 0 saturated carbocycles. The quantitative estimate of drug-likeness (QED) is 0.655. The predicted octanol–water partition coefficient (Wildman–Crippen LogP) is 2.56. The van der Waals surface area contributed by atoms with Crippen molar-refractivity contribution in [2.45, 2.75) is 0 Å². The number of carbonyl (C=O) groups is 1. The summed E-state index contributed by atoms with van der Waals surface area (Å²) in [5.74, 6) is -0.0952. The molecule has 5 heteroatoms. The highest BCUT2D eigenvalue weighted by Gasteiger charge is 2.16. The summed E-state index contributed by atoms with van der Waals surface area (Å²) < 4.78 is 5.61. The van der Waals surface area contributed by atoms with E-state index in [1.165, 1.54) is 18.2 Å². The van der Waals surface area contributed by atoms with Gasteiger partial charge in [0.15, 0.2) is 10.4 Å². The number of aromatic hydroxyl groups is 1. The first-order valence-electron chi connectivity index (χ1n) is 4.46. The van der Waals surface area contributed by atoms with Crippen molar-refractivity contribution in [3.63, 3.8) is 0 Å². The summed E-state index contributed by atoms with van der Waals surface area (Å²) in [5, 5.41) is 9.17. The fraction of sp³-hybridized carbons (Fsp3) is 0. The van der Waals surface area contributed by atoms with Crippen molar-refractivity contribution >= 4 is 27.4 Å². The zero-order valence-electron chi connectivity index (χ0n) is 8.11. The van der Waals surface area contributed by atoms with Crippen molar-refractivity contribution < 1.29 is 14.3 Å². The van der Waals surface area contributed by atoms with Gasteiger partial charge in [0.25, 0.3) is 0 Å². The fourth-order valence-corrected chi connectivity index (χ4v) is 1.63. The van der Waals surface area contributed by atoms with E-state index >= 15 is 0 Å². The molecule has 0 aliphatic rings. The number of nitrogens with two attached hydrogens (primary N) is 1. The van der Waals surface area contributed by atoms with Crippen LogP contribution in [0.5, 0.6) is 5.75 Å². The molecular weight excluding hydrogens is 274 g/mol. The van der Waals surface area contributed by atoms with E-state index in [-0.39, 0.29) is 23.0 Å². The van der Waals surface area contributed by atoms with Gasteiger partial charge in [-0.1, -0.05) is 0 Å². The van der Waals surface area contributed by atoms with E-state index in [4.69, 9.17) is 10.2 Å². The van der Waals surface area contributed by atoms with E-state index in [2.05, 4.69) is 15.9 Å². The molecule has 1 heterocycles. The summed E-state index contributed by atoms with van der Waals surface area (Å²) in [6, 6.07) is 7.37. The summed E-state index contributed by atoms with van der Waals surface area (Å²) in [7, 11) is 0. The largest absolute Gasteiger partial charge is 0.508 e. The average Bonchev–Trinajstić information content (AvgIpc) is 2.64. The third-order valence-corrected chi connectivity index (χ3v) is 2.50. The lowest BCUT2D eigenvalue weighted by molar-refractivity contribution is 0.101.